The maximum absolute atomic E-state index is 9.83. The minimum atomic E-state index is -1.19. The van der Waals surface area contributed by atoms with Crippen LogP contribution in [0.25, 0.3) is 0 Å². The van der Waals surface area contributed by atoms with Gasteiger partial charge in [0, 0.05) is 18.2 Å². The van der Waals surface area contributed by atoms with Crippen molar-refractivity contribution in [3.63, 3.8) is 0 Å². The fourth-order valence-electron chi connectivity index (χ4n) is 1.72. The van der Waals surface area contributed by atoms with Gasteiger partial charge in [-0.1, -0.05) is 0 Å². The van der Waals surface area contributed by atoms with Crippen molar-refractivity contribution in [3.8, 4) is 17.2 Å². The number of rotatable bonds is 6. The summed E-state index contributed by atoms with van der Waals surface area (Å²) in [5.74, 6) is 1.01. The lowest BCUT2D eigenvalue weighted by Gasteiger charge is -2.29. The van der Waals surface area contributed by atoms with E-state index in [2.05, 4.69) is 5.32 Å². The summed E-state index contributed by atoms with van der Waals surface area (Å²) in [5.41, 5.74) is -0.674. The molecular formula is C12H17NO6. The van der Waals surface area contributed by atoms with E-state index < -0.39 is 25.4 Å². The predicted molar refractivity (Wildman–Crippen MR) is 65.1 cm³/mol. The summed E-state index contributed by atoms with van der Waals surface area (Å²) in [6.45, 7) is -1.01. The Kier molecular flexibility index (Phi) is 4.11. The van der Waals surface area contributed by atoms with Crippen LogP contribution in [-0.2, 0) is 6.54 Å². The number of ether oxygens (including phenoxy) is 2. The molecule has 0 aromatic heterocycles. The van der Waals surface area contributed by atoms with Crippen LogP contribution in [0.5, 0.6) is 17.2 Å². The van der Waals surface area contributed by atoms with Gasteiger partial charge in [-0.25, -0.2) is 0 Å². The average molecular weight is 271 g/mol. The highest BCUT2D eigenvalue weighted by Crippen LogP contribution is 2.37. The summed E-state index contributed by atoms with van der Waals surface area (Å²) in [4.78, 5) is 0. The Hall–Kier alpha value is -1.54. The van der Waals surface area contributed by atoms with E-state index in [0.29, 0.717) is 17.1 Å². The number of aliphatic hydroxyl groups excluding tert-OH is 3. The van der Waals surface area contributed by atoms with Crippen LogP contribution in [0.15, 0.2) is 12.1 Å². The first-order valence-corrected chi connectivity index (χ1v) is 5.83. The van der Waals surface area contributed by atoms with Crippen molar-refractivity contribution in [3.05, 3.63) is 17.7 Å². The molecule has 2 rings (SSSR count). The summed E-state index contributed by atoms with van der Waals surface area (Å²) >= 11 is 0. The Labute approximate surface area is 110 Å². The Balaban J connectivity index is 2.11. The third kappa shape index (κ3) is 2.74. The van der Waals surface area contributed by atoms with E-state index in [1.165, 1.54) is 6.07 Å². The zero-order chi connectivity index (χ0) is 13.9. The average Bonchev–Trinajstić information content (AvgIpc) is 2.88. The van der Waals surface area contributed by atoms with Gasteiger partial charge in [-0.15, -0.1) is 0 Å². The molecule has 1 aliphatic rings. The van der Waals surface area contributed by atoms with Gasteiger partial charge in [0.05, 0.1) is 25.4 Å². The number of phenols is 1. The normalized spacial score (nSPS) is 13.8. The molecule has 0 unspecified atom stereocenters. The van der Waals surface area contributed by atoms with Crippen LogP contribution in [0.4, 0.5) is 0 Å². The Morgan fingerprint density at radius 3 is 2.21 bits per heavy atom. The highest BCUT2D eigenvalue weighted by Gasteiger charge is 2.28. The molecular weight excluding hydrogens is 254 g/mol. The largest absolute Gasteiger partial charge is 0.507 e. The lowest BCUT2D eigenvalue weighted by Crippen LogP contribution is -2.54. The molecule has 0 amide bonds. The van der Waals surface area contributed by atoms with Crippen LogP contribution < -0.4 is 14.8 Å². The van der Waals surface area contributed by atoms with E-state index in [1.807, 2.05) is 0 Å². The molecule has 1 aromatic rings. The van der Waals surface area contributed by atoms with Gasteiger partial charge in [0.1, 0.15) is 5.75 Å². The van der Waals surface area contributed by atoms with Crippen molar-refractivity contribution in [2.45, 2.75) is 12.1 Å². The van der Waals surface area contributed by atoms with E-state index in [0.717, 1.165) is 0 Å². The van der Waals surface area contributed by atoms with Crippen molar-refractivity contribution in [1.82, 2.24) is 5.32 Å². The summed E-state index contributed by atoms with van der Waals surface area (Å²) in [7, 11) is 0. The molecule has 7 nitrogen and oxygen atoms in total. The SMILES string of the molecule is OCC(CO)(CO)NCc1cc2c(cc1O)OCO2. The summed E-state index contributed by atoms with van der Waals surface area (Å²) < 4.78 is 10.3. The van der Waals surface area contributed by atoms with E-state index in [9.17, 15) is 20.4 Å². The van der Waals surface area contributed by atoms with Crippen molar-refractivity contribution < 1.29 is 29.9 Å². The Morgan fingerprint density at radius 1 is 1.05 bits per heavy atom. The molecule has 1 aliphatic heterocycles. The summed E-state index contributed by atoms with van der Waals surface area (Å²) in [6.07, 6.45) is 0. The van der Waals surface area contributed by atoms with Crippen molar-refractivity contribution in [2.75, 3.05) is 26.6 Å². The number of hydrogen-bond donors (Lipinski definition) is 5. The molecule has 7 heteroatoms. The lowest BCUT2D eigenvalue weighted by atomic mass is 10.0. The maximum atomic E-state index is 9.83. The predicted octanol–water partition coefficient (Wildman–Crippen LogP) is -1.07. The van der Waals surface area contributed by atoms with Gasteiger partial charge in [0.2, 0.25) is 6.79 Å². The van der Waals surface area contributed by atoms with Crippen LogP contribution in [-0.4, -0.2) is 52.6 Å². The minimum Gasteiger partial charge on any atom is -0.507 e. The zero-order valence-corrected chi connectivity index (χ0v) is 10.3. The van der Waals surface area contributed by atoms with Gasteiger partial charge in [-0.05, 0) is 6.07 Å². The molecule has 0 atom stereocenters. The molecule has 5 N–H and O–H groups in total. The number of benzene rings is 1. The molecule has 0 saturated carbocycles. The van der Waals surface area contributed by atoms with Gasteiger partial charge in [0.25, 0.3) is 0 Å². The monoisotopic (exact) mass is 271 g/mol. The van der Waals surface area contributed by atoms with E-state index in [1.54, 1.807) is 6.07 Å². The van der Waals surface area contributed by atoms with Gasteiger partial charge >= 0.3 is 0 Å². The fourth-order valence-corrected chi connectivity index (χ4v) is 1.72. The molecule has 0 aliphatic carbocycles. The first-order chi connectivity index (χ1) is 9.14. The highest BCUT2D eigenvalue weighted by atomic mass is 16.7. The van der Waals surface area contributed by atoms with E-state index in [4.69, 9.17) is 9.47 Å². The van der Waals surface area contributed by atoms with Crippen LogP contribution in [0.1, 0.15) is 5.56 Å². The topological polar surface area (TPSA) is 111 Å². The number of aliphatic hydroxyl groups is 3. The number of phenolic OH excluding ortho intramolecular Hbond substituents is 1. The number of fused-ring (bicyclic) bond motifs is 1. The highest BCUT2D eigenvalue weighted by molar-refractivity contribution is 5.51. The molecule has 1 heterocycles. The van der Waals surface area contributed by atoms with Crippen LogP contribution in [0, 0.1) is 0 Å². The van der Waals surface area contributed by atoms with E-state index >= 15 is 0 Å². The van der Waals surface area contributed by atoms with Gasteiger partial charge in [-0.3, -0.25) is 0 Å². The molecule has 0 spiro atoms. The lowest BCUT2D eigenvalue weighted by molar-refractivity contribution is 0.0412. The zero-order valence-electron chi connectivity index (χ0n) is 10.3. The Morgan fingerprint density at radius 2 is 1.63 bits per heavy atom. The number of nitrogens with one attached hydrogen (secondary N) is 1. The second-order valence-corrected chi connectivity index (χ2v) is 4.44. The van der Waals surface area contributed by atoms with Crippen LogP contribution in [0.2, 0.25) is 0 Å². The Bertz CT molecular complexity index is 438. The molecule has 0 radical (unpaired) electrons. The number of aromatic hydroxyl groups is 1. The smallest absolute Gasteiger partial charge is 0.231 e. The van der Waals surface area contributed by atoms with Crippen molar-refractivity contribution >= 4 is 0 Å². The molecule has 19 heavy (non-hydrogen) atoms. The third-order valence-corrected chi connectivity index (χ3v) is 3.14. The fraction of sp³-hybridized carbons (Fsp3) is 0.500. The molecule has 1 aromatic carbocycles. The van der Waals surface area contributed by atoms with Gasteiger partial charge in [-0.2, -0.15) is 0 Å². The van der Waals surface area contributed by atoms with Crippen molar-refractivity contribution in [1.29, 1.82) is 0 Å². The summed E-state index contributed by atoms with van der Waals surface area (Å²) in [6, 6.07) is 3.05. The molecule has 0 bridgehead atoms. The molecule has 0 fully saturated rings. The molecule has 106 valence electrons. The van der Waals surface area contributed by atoms with Crippen LogP contribution >= 0.6 is 0 Å². The summed E-state index contributed by atoms with van der Waals surface area (Å²) in [5, 5.41) is 40.2. The van der Waals surface area contributed by atoms with E-state index in [-0.39, 0.29) is 19.1 Å². The van der Waals surface area contributed by atoms with Crippen molar-refractivity contribution in [2.24, 2.45) is 0 Å². The molecule has 0 saturated heterocycles. The third-order valence-electron chi connectivity index (χ3n) is 3.14. The second-order valence-electron chi connectivity index (χ2n) is 4.44. The number of hydrogen-bond acceptors (Lipinski definition) is 7. The maximum Gasteiger partial charge on any atom is 0.231 e. The first-order valence-electron chi connectivity index (χ1n) is 5.83. The second kappa shape index (κ2) is 5.62. The standard InChI is InChI=1S/C12H17NO6/c14-4-12(5-15,6-16)13-3-8-1-10-11(2-9(8)17)19-7-18-10/h1-2,13-17H,3-7H2. The van der Waals surface area contributed by atoms with Gasteiger partial charge < -0.3 is 35.2 Å². The van der Waals surface area contributed by atoms with Crippen LogP contribution in [0.3, 0.4) is 0 Å². The minimum absolute atomic E-state index is 0.0134. The quantitative estimate of drug-likeness (QED) is 0.448. The first kappa shape index (κ1) is 13.9. The van der Waals surface area contributed by atoms with Gasteiger partial charge in [0.15, 0.2) is 11.5 Å².